The fourth-order valence-corrected chi connectivity index (χ4v) is 2.32. The number of benzene rings is 2. The summed E-state index contributed by atoms with van der Waals surface area (Å²) < 4.78 is 31.7. The molecule has 6 heteroatoms. The number of phenolic OH excluding ortho intramolecular Hbond substituents is 1. The Bertz CT molecular complexity index is 690. The van der Waals surface area contributed by atoms with Crippen molar-refractivity contribution in [3.8, 4) is 11.5 Å². The van der Waals surface area contributed by atoms with Gasteiger partial charge in [0.15, 0.2) is 11.5 Å². The molecule has 2 aromatic rings. The predicted octanol–water partition coefficient (Wildman–Crippen LogP) is 2.68. The Kier molecular flexibility index (Phi) is 5.18. The van der Waals surface area contributed by atoms with Gasteiger partial charge in [-0.2, -0.15) is 0 Å². The Balaban J connectivity index is 2.00. The molecule has 0 saturated carbocycles. The summed E-state index contributed by atoms with van der Waals surface area (Å²) in [6.45, 7) is 1.86. The van der Waals surface area contributed by atoms with E-state index in [0.717, 1.165) is 17.7 Å². The van der Waals surface area contributed by atoms with Crippen LogP contribution in [-0.2, 0) is 12.1 Å². The highest BCUT2D eigenvalue weighted by atomic mass is 19.1. The smallest absolute Gasteiger partial charge is 0.160 e. The zero-order valence-electron chi connectivity index (χ0n) is 12.9. The normalized spacial score (nSPS) is 13.6. The molecule has 2 rings (SSSR count). The molecule has 23 heavy (non-hydrogen) atoms. The Labute approximate surface area is 133 Å². The molecular formula is C17H19F2NO3. The molecule has 0 saturated heterocycles. The van der Waals surface area contributed by atoms with Crippen LogP contribution in [0.4, 0.5) is 8.78 Å². The molecule has 1 unspecified atom stereocenters. The SMILES string of the molecule is COc1ccc(CNCC(C)(O)c2ccc(F)cc2F)cc1O. The van der Waals surface area contributed by atoms with Crippen molar-refractivity contribution in [1.29, 1.82) is 0 Å². The monoisotopic (exact) mass is 323 g/mol. The van der Waals surface area contributed by atoms with Crippen LogP contribution in [0.2, 0.25) is 0 Å². The van der Waals surface area contributed by atoms with E-state index in [0.29, 0.717) is 12.3 Å². The summed E-state index contributed by atoms with van der Waals surface area (Å²) in [5, 5.41) is 23.1. The fraction of sp³-hybridized carbons (Fsp3) is 0.294. The van der Waals surface area contributed by atoms with Crippen LogP contribution >= 0.6 is 0 Å². The first-order chi connectivity index (χ1) is 10.8. The fourth-order valence-electron chi connectivity index (χ4n) is 2.32. The maximum Gasteiger partial charge on any atom is 0.160 e. The van der Waals surface area contributed by atoms with E-state index < -0.39 is 17.2 Å². The molecule has 124 valence electrons. The molecule has 2 aromatic carbocycles. The van der Waals surface area contributed by atoms with E-state index in [1.54, 1.807) is 18.2 Å². The molecule has 0 amide bonds. The lowest BCUT2D eigenvalue weighted by atomic mass is 9.95. The highest BCUT2D eigenvalue weighted by Crippen LogP contribution is 2.27. The molecule has 4 nitrogen and oxygen atoms in total. The van der Waals surface area contributed by atoms with Crippen LogP contribution in [0, 0.1) is 11.6 Å². The summed E-state index contributed by atoms with van der Waals surface area (Å²) in [6, 6.07) is 8.01. The first kappa shape index (κ1) is 17.2. The lowest BCUT2D eigenvalue weighted by Gasteiger charge is -2.25. The Morgan fingerprint density at radius 2 is 1.91 bits per heavy atom. The van der Waals surface area contributed by atoms with Crippen molar-refractivity contribution in [2.45, 2.75) is 19.1 Å². The second-order valence-electron chi connectivity index (χ2n) is 5.51. The van der Waals surface area contributed by atoms with Crippen LogP contribution in [0.3, 0.4) is 0 Å². The zero-order valence-corrected chi connectivity index (χ0v) is 12.9. The minimum Gasteiger partial charge on any atom is -0.504 e. The number of aromatic hydroxyl groups is 1. The minimum absolute atomic E-state index is 0.0168. The van der Waals surface area contributed by atoms with E-state index in [-0.39, 0.29) is 17.9 Å². The van der Waals surface area contributed by atoms with Gasteiger partial charge in [0.25, 0.3) is 0 Å². The summed E-state index contributed by atoms with van der Waals surface area (Å²) >= 11 is 0. The van der Waals surface area contributed by atoms with Crippen LogP contribution in [0.15, 0.2) is 36.4 Å². The molecule has 1 atom stereocenters. The van der Waals surface area contributed by atoms with Crippen molar-refractivity contribution in [2.24, 2.45) is 0 Å². The number of hydrogen-bond acceptors (Lipinski definition) is 4. The summed E-state index contributed by atoms with van der Waals surface area (Å²) in [7, 11) is 1.46. The van der Waals surface area contributed by atoms with Gasteiger partial charge in [-0.25, -0.2) is 8.78 Å². The summed E-state index contributed by atoms with van der Waals surface area (Å²) in [5.74, 6) is -1.10. The highest BCUT2D eigenvalue weighted by molar-refractivity contribution is 5.41. The third-order valence-corrected chi connectivity index (χ3v) is 3.55. The molecule has 0 aliphatic carbocycles. The van der Waals surface area contributed by atoms with Crippen molar-refractivity contribution in [3.63, 3.8) is 0 Å². The Hall–Kier alpha value is -2.18. The molecule has 0 aromatic heterocycles. The molecule has 0 spiro atoms. The number of nitrogens with one attached hydrogen (secondary N) is 1. The van der Waals surface area contributed by atoms with Gasteiger partial charge in [-0.3, -0.25) is 0 Å². The van der Waals surface area contributed by atoms with Crippen molar-refractivity contribution < 1.29 is 23.7 Å². The third kappa shape index (κ3) is 4.18. The topological polar surface area (TPSA) is 61.7 Å². The van der Waals surface area contributed by atoms with E-state index in [1.165, 1.54) is 20.1 Å². The second-order valence-corrected chi connectivity index (χ2v) is 5.51. The first-order valence-corrected chi connectivity index (χ1v) is 7.08. The first-order valence-electron chi connectivity index (χ1n) is 7.08. The van der Waals surface area contributed by atoms with E-state index in [1.807, 2.05) is 0 Å². The van der Waals surface area contributed by atoms with Gasteiger partial charge in [0.2, 0.25) is 0 Å². The predicted molar refractivity (Wildman–Crippen MR) is 82.3 cm³/mol. The maximum absolute atomic E-state index is 13.8. The number of aliphatic hydroxyl groups is 1. The zero-order chi connectivity index (χ0) is 17.0. The molecule has 0 fully saturated rings. The van der Waals surface area contributed by atoms with Gasteiger partial charge in [-0.05, 0) is 30.7 Å². The van der Waals surface area contributed by atoms with Crippen LogP contribution in [0.1, 0.15) is 18.1 Å². The number of rotatable bonds is 6. The molecule has 0 aliphatic rings. The third-order valence-electron chi connectivity index (χ3n) is 3.55. The van der Waals surface area contributed by atoms with Gasteiger partial charge < -0.3 is 20.3 Å². The van der Waals surface area contributed by atoms with Gasteiger partial charge in [-0.15, -0.1) is 0 Å². The summed E-state index contributed by atoms with van der Waals surface area (Å²) in [5.41, 5.74) is -0.700. The van der Waals surface area contributed by atoms with E-state index in [2.05, 4.69) is 5.32 Å². The molecule has 0 bridgehead atoms. The van der Waals surface area contributed by atoms with Gasteiger partial charge in [0.1, 0.15) is 17.2 Å². The Morgan fingerprint density at radius 3 is 2.52 bits per heavy atom. The summed E-state index contributed by atoms with van der Waals surface area (Å²) in [6.07, 6.45) is 0. The van der Waals surface area contributed by atoms with E-state index >= 15 is 0 Å². The van der Waals surface area contributed by atoms with Crippen LogP contribution in [0.25, 0.3) is 0 Å². The van der Waals surface area contributed by atoms with Gasteiger partial charge >= 0.3 is 0 Å². The molecular weight excluding hydrogens is 304 g/mol. The number of phenols is 1. The largest absolute Gasteiger partial charge is 0.504 e. The van der Waals surface area contributed by atoms with Crippen LogP contribution in [0.5, 0.6) is 11.5 Å². The van der Waals surface area contributed by atoms with E-state index in [9.17, 15) is 19.0 Å². The van der Waals surface area contributed by atoms with Gasteiger partial charge in [-0.1, -0.05) is 12.1 Å². The molecule has 0 aliphatic heterocycles. The highest BCUT2D eigenvalue weighted by Gasteiger charge is 2.26. The van der Waals surface area contributed by atoms with Crippen molar-refractivity contribution in [3.05, 3.63) is 59.2 Å². The van der Waals surface area contributed by atoms with Gasteiger partial charge in [0.05, 0.1) is 7.11 Å². The van der Waals surface area contributed by atoms with Crippen LogP contribution in [-0.4, -0.2) is 23.9 Å². The lowest BCUT2D eigenvalue weighted by molar-refractivity contribution is 0.0528. The molecule has 3 N–H and O–H groups in total. The van der Waals surface area contributed by atoms with Crippen molar-refractivity contribution >= 4 is 0 Å². The molecule has 0 heterocycles. The summed E-state index contributed by atoms with van der Waals surface area (Å²) in [4.78, 5) is 0. The standard InChI is InChI=1S/C17H19F2NO3/c1-17(22,13-5-4-12(18)8-14(13)19)10-20-9-11-3-6-16(23-2)15(21)7-11/h3-8,20-22H,9-10H2,1-2H3. The average molecular weight is 323 g/mol. The van der Waals surface area contributed by atoms with Crippen molar-refractivity contribution in [1.82, 2.24) is 5.32 Å². The average Bonchev–Trinajstić information content (AvgIpc) is 2.46. The number of halogens is 2. The lowest BCUT2D eigenvalue weighted by Crippen LogP contribution is -2.36. The number of methoxy groups -OCH3 is 1. The molecule has 0 radical (unpaired) electrons. The van der Waals surface area contributed by atoms with Crippen LogP contribution < -0.4 is 10.1 Å². The number of hydrogen-bond donors (Lipinski definition) is 3. The van der Waals surface area contributed by atoms with Crippen molar-refractivity contribution in [2.75, 3.05) is 13.7 Å². The van der Waals surface area contributed by atoms with Gasteiger partial charge in [0, 0.05) is 24.7 Å². The Morgan fingerprint density at radius 1 is 1.17 bits per heavy atom. The van der Waals surface area contributed by atoms with E-state index in [4.69, 9.17) is 4.74 Å². The maximum atomic E-state index is 13.8. The second kappa shape index (κ2) is 6.93. The number of ether oxygens (including phenoxy) is 1. The minimum atomic E-state index is -1.49. The quantitative estimate of drug-likeness (QED) is 0.765.